The molecule has 0 bridgehead atoms. The summed E-state index contributed by atoms with van der Waals surface area (Å²) in [5.41, 5.74) is 3.28. The highest BCUT2D eigenvalue weighted by molar-refractivity contribution is 6.02. The van der Waals surface area contributed by atoms with Gasteiger partial charge in [0.15, 0.2) is 0 Å². The van der Waals surface area contributed by atoms with Crippen LogP contribution in [0.15, 0.2) is 65.7 Å². The van der Waals surface area contributed by atoms with Crippen molar-refractivity contribution in [3.8, 4) is 5.75 Å². The van der Waals surface area contributed by atoms with Crippen molar-refractivity contribution >= 4 is 17.0 Å². The van der Waals surface area contributed by atoms with Crippen molar-refractivity contribution in [3.63, 3.8) is 0 Å². The number of fused-ring (bicyclic) bond motifs is 1. The minimum Gasteiger partial charge on any atom is -0.507 e. The number of nitrogens with one attached hydrogen (secondary N) is 1. The summed E-state index contributed by atoms with van der Waals surface area (Å²) in [6, 6.07) is 20.2. The summed E-state index contributed by atoms with van der Waals surface area (Å²) in [4.78, 5) is 5.93. The number of benzene rings is 3. The van der Waals surface area contributed by atoms with Gasteiger partial charge in [-0.2, -0.15) is 0 Å². The molecule has 0 saturated heterocycles. The lowest BCUT2D eigenvalue weighted by molar-refractivity contribution is -0.872. The highest BCUT2D eigenvalue weighted by Crippen LogP contribution is 2.25. The van der Waals surface area contributed by atoms with E-state index in [0.717, 1.165) is 22.9 Å². The Morgan fingerprint density at radius 3 is 2.38 bits per heavy atom. The van der Waals surface area contributed by atoms with E-state index >= 15 is 0 Å². The van der Waals surface area contributed by atoms with Crippen LogP contribution in [0.3, 0.4) is 0 Å². The topological polar surface area (TPSA) is 37.0 Å². The van der Waals surface area contributed by atoms with Crippen LogP contribution in [0, 0.1) is 0 Å². The third-order valence-corrected chi connectivity index (χ3v) is 4.02. The zero-order valence-corrected chi connectivity index (χ0v) is 14.2. The number of aromatic hydroxyl groups is 1. The first-order chi connectivity index (χ1) is 11.6. The van der Waals surface area contributed by atoms with Crippen molar-refractivity contribution in [2.75, 3.05) is 14.1 Å². The van der Waals surface area contributed by atoms with Crippen LogP contribution in [-0.4, -0.2) is 25.4 Å². The SMILES string of the molecule is C[NH+](C)Cc1ccc(CN=Cc2c(O)ccc3ccccc23)cc1. The Hall–Kier alpha value is -2.65. The molecule has 3 heteroatoms. The van der Waals surface area contributed by atoms with Gasteiger partial charge in [-0.15, -0.1) is 0 Å². The second kappa shape index (κ2) is 7.28. The summed E-state index contributed by atoms with van der Waals surface area (Å²) in [5, 5.41) is 12.3. The first kappa shape index (κ1) is 16.2. The standard InChI is InChI=1S/C21H22N2O/c1-23(2)15-17-9-7-16(8-10-17)13-22-14-20-19-6-4-3-5-18(19)11-12-21(20)24/h3-12,14,24H,13,15H2,1-2H3/p+1. The Kier molecular flexibility index (Phi) is 4.92. The molecule has 0 unspecified atom stereocenters. The highest BCUT2D eigenvalue weighted by atomic mass is 16.3. The summed E-state index contributed by atoms with van der Waals surface area (Å²) in [7, 11) is 4.30. The molecule has 3 rings (SSSR count). The fourth-order valence-corrected chi connectivity index (χ4v) is 2.83. The molecule has 0 atom stereocenters. The molecule has 2 N–H and O–H groups in total. The Balaban J connectivity index is 1.76. The molecular weight excluding hydrogens is 296 g/mol. The maximum Gasteiger partial charge on any atom is 0.124 e. The molecule has 0 aliphatic rings. The summed E-state index contributed by atoms with van der Waals surface area (Å²) >= 11 is 0. The third kappa shape index (κ3) is 3.81. The molecule has 3 nitrogen and oxygen atoms in total. The summed E-state index contributed by atoms with van der Waals surface area (Å²) in [5.74, 6) is 0.266. The summed E-state index contributed by atoms with van der Waals surface area (Å²) < 4.78 is 0. The van der Waals surface area contributed by atoms with E-state index in [1.54, 1.807) is 12.3 Å². The van der Waals surface area contributed by atoms with Crippen molar-refractivity contribution in [3.05, 3.63) is 77.4 Å². The number of hydrogen-bond acceptors (Lipinski definition) is 2. The number of quaternary nitrogens is 1. The van der Waals surface area contributed by atoms with Gasteiger partial charge in [-0.05, 0) is 22.4 Å². The smallest absolute Gasteiger partial charge is 0.124 e. The molecule has 0 aliphatic carbocycles. The average Bonchev–Trinajstić information content (AvgIpc) is 2.58. The van der Waals surface area contributed by atoms with Crippen molar-refractivity contribution in [2.45, 2.75) is 13.1 Å². The van der Waals surface area contributed by atoms with Crippen LogP contribution >= 0.6 is 0 Å². The molecule has 3 aromatic rings. The van der Waals surface area contributed by atoms with Crippen LogP contribution in [-0.2, 0) is 13.1 Å². The zero-order chi connectivity index (χ0) is 16.9. The van der Waals surface area contributed by atoms with E-state index in [-0.39, 0.29) is 5.75 Å². The first-order valence-electron chi connectivity index (χ1n) is 8.21. The molecule has 3 aromatic carbocycles. The van der Waals surface area contributed by atoms with E-state index in [0.29, 0.717) is 6.54 Å². The fourth-order valence-electron chi connectivity index (χ4n) is 2.83. The number of aliphatic imine (C=N–C) groups is 1. The maximum atomic E-state index is 10.1. The van der Waals surface area contributed by atoms with E-state index in [1.165, 1.54) is 16.0 Å². The van der Waals surface area contributed by atoms with Crippen molar-refractivity contribution in [1.82, 2.24) is 0 Å². The molecule has 0 aliphatic heterocycles. The minimum atomic E-state index is 0.266. The lowest BCUT2D eigenvalue weighted by Gasteiger charge is -2.07. The molecule has 0 aromatic heterocycles. The van der Waals surface area contributed by atoms with Gasteiger partial charge in [0.2, 0.25) is 0 Å². The lowest BCUT2D eigenvalue weighted by atomic mass is 10.0. The number of nitrogens with zero attached hydrogens (tertiary/aromatic N) is 1. The Labute approximate surface area is 142 Å². The van der Waals surface area contributed by atoms with E-state index in [1.807, 2.05) is 30.3 Å². The minimum absolute atomic E-state index is 0.266. The molecule has 122 valence electrons. The number of rotatable bonds is 5. The second-order valence-electron chi connectivity index (χ2n) is 6.39. The van der Waals surface area contributed by atoms with Crippen LogP contribution < -0.4 is 4.90 Å². The summed E-state index contributed by atoms with van der Waals surface area (Å²) in [6.07, 6.45) is 1.77. The van der Waals surface area contributed by atoms with Crippen LogP contribution in [0.5, 0.6) is 5.75 Å². The van der Waals surface area contributed by atoms with Crippen LogP contribution in [0.1, 0.15) is 16.7 Å². The van der Waals surface area contributed by atoms with E-state index in [9.17, 15) is 5.11 Å². The number of hydrogen-bond donors (Lipinski definition) is 2. The van der Waals surface area contributed by atoms with Gasteiger partial charge >= 0.3 is 0 Å². The van der Waals surface area contributed by atoms with E-state index < -0.39 is 0 Å². The van der Waals surface area contributed by atoms with Gasteiger partial charge in [0.1, 0.15) is 12.3 Å². The maximum absolute atomic E-state index is 10.1. The molecular formula is C21H23N2O+. The van der Waals surface area contributed by atoms with E-state index in [2.05, 4.69) is 43.4 Å². The number of phenols is 1. The Morgan fingerprint density at radius 1 is 0.917 bits per heavy atom. The van der Waals surface area contributed by atoms with Gasteiger partial charge in [-0.3, -0.25) is 4.99 Å². The lowest BCUT2D eigenvalue weighted by Crippen LogP contribution is -3.04. The largest absolute Gasteiger partial charge is 0.507 e. The quantitative estimate of drug-likeness (QED) is 0.697. The van der Waals surface area contributed by atoms with Crippen molar-refractivity contribution < 1.29 is 10.0 Å². The fraction of sp³-hybridized carbons (Fsp3) is 0.190. The first-order valence-corrected chi connectivity index (χ1v) is 8.21. The molecule has 24 heavy (non-hydrogen) atoms. The van der Waals surface area contributed by atoms with Gasteiger partial charge in [-0.25, -0.2) is 0 Å². The van der Waals surface area contributed by atoms with Gasteiger partial charge in [0.25, 0.3) is 0 Å². The predicted octanol–water partition coefficient (Wildman–Crippen LogP) is 2.81. The predicted molar refractivity (Wildman–Crippen MR) is 99.9 cm³/mol. The second-order valence-corrected chi connectivity index (χ2v) is 6.39. The third-order valence-electron chi connectivity index (χ3n) is 4.02. The van der Waals surface area contributed by atoms with Crippen molar-refractivity contribution in [2.24, 2.45) is 4.99 Å². The highest BCUT2D eigenvalue weighted by Gasteiger charge is 2.04. The van der Waals surface area contributed by atoms with Crippen LogP contribution in [0.25, 0.3) is 10.8 Å². The zero-order valence-electron chi connectivity index (χ0n) is 14.2. The van der Waals surface area contributed by atoms with Crippen LogP contribution in [0.2, 0.25) is 0 Å². The Morgan fingerprint density at radius 2 is 1.62 bits per heavy atom. The molecule has 0 heterocycles. The molecule has 0 amide bonds. The van der Waals surface area contributed by atoms with Gasteiger partial charge in [0, 0.05) is 17.3 Å². The van der Waals surface area contributed by atoms with Gasteiger partial charge in [0.05, 0.1) is 20.6 Å². The Bertz CT molecular complexity index is 851. The average molecular weight is 319 g/mol. The number of phenolic OH excluding ortho intramolecular Hbond substituents is 1. The normalized spacial score (nSPS) is 11.6. The van der Waals surface area contributed by atoms with Crippen LogP contribution in [0.4, 0.5) is 0 Å². The van der Waals surface area contributed by atoms with Gasteiger partial charge < -0.3 is 10.0 Å². The monoisotopic (exact) mass is 319 g/mol. The van der Waals surface area contributed by atoms with Gasteiger partial charge in [-0.1, -0.05) is 54.6 Å². The molecule has 0 spiro atoms. The molecule has 0 fully saturated rings. The summed E-state index contributed by atoms with van der Waals surface area (Å²) in [6.45, 7) is 1.63. The van der Waals surface area contributed by atoms with Crippen molar-refractivity contribution in [1.29, 1.82) is 0 Å². The molecule has 0 saturated carbocycles. The molecule has 0 radical (unpaired) electrons. The van der Waals surface area contributed by atoms with E-state index in [4.69, 9.17) is 0 Å².